The van der Waals surface area contributed by atoms with Crippen LogP contribution in [0.5, 0.6) is 0 Å². The zero-order valence-corrected chi connectivity index (χ0v) is 13.9. The summed E-state index contributed by atoms with van der Waals surface area (Å²) in [4.78, 5) is 15.6. The van der Waals surface area contributed by atoms with Crippen molar-refractivity contribution in [3.05, 3.63) is 46.2 Å². The van der Waals surface area contributed by atoms with Crippen molar-refractivity contribution >= 4 is 27.0 Å². The summed E-state index contributed by atoms with van der Waals surface area (Å²) in [5, 5.41) is 3.48. The number of imidazole rings is 2. The molecule has 0 spiro atoms. The number of fused-ring (bicyclic) bond motifs is 1. The van der Waals surface area contributed by atoms with Crippen LogP contribution in [0, 0.1) is 6.92 Å². The minimum absolute atomic E-state index is 0.272. The maximum absolute atomic E-state index is 4.67. The lowest BCUT2D eigenvalue weighted by Crippen LogP contribution is -2.37. The lowest BCUT2D eigenvalue weighted by Gasteiger charge is -2.23. The number of aryl methyl sites for hydroxylation is 1. The number of aromatic amines is 2. The molecule has 0 radical (unpaired) electrons. The van der Waals surface area contributed by atoms with Crippen molar-refractivity contribution in [1.29, 1.82) is 0 Å². The van der Waals surface area contributed by atoms with Crippen molar-refractivity contribution in [2.24, 2.45) is 0 Å². The van der Waals surface area contributed by atoms with Crippen LogP contribution in [0.3, 0.4) is 0 Å². The second-order valence-electron chi connectivity index (χ2n) is 5.74. The predicted molar refractivity (Wildman–Crippen MR) is 87.0 cm³/mol. The van der Waals surface area contributed by atoms with Crippen LogP contribution in [-0.4, -0.2) is 19.9 Å². The Balaban J connectivity index is 1.81. The Labute approximate surface area is 131 Å². The zero-order chi connectivity index (χ0) is 15.0. The van der Waals surface area contributed by atoms with Crippen LogP contribution in [0.4, 0.5) is 0 Å². The molecule has 0 unspecified atom stereocenters. The number of halogens is 1. The normalized spacial score (nSPS) is 12.2. The predicted octanol–water partition coefficient (Wildman–Crippen LogP) is 3.38. The summed E-state index contributed by atoms with van der Waals surface area (Å²) in [6, 6.07) is 6.04. The van der Waals surface area contributed by atoms with Gasteiger partial charge in [0, 0.05) is 16.4 Å². The number of hydrogen-bond acceptors (Lipinski definition) is 3. The number of nitrogens with zero attached hydrogens (tertiary/aromatic N) is 2. The van der Waals surface area contributed by atoms with E-state index in [1.54, 1.807) is 0 Å². The van der Waals surface area contributed by atoms with E-state index in [9.17, 15) is 0 Å². The van der Waals surface area contributed by atoms with E-state index < -0.39 is 0 Å². The van der Waals surface area contributed by atoms with Crippen molar-refractivity contribution in [2.45, 2.75) is 32.9 Å². The third kappa shape index (κ3) is 3.01. The van der Waals surface area contributed by atoms with Gasteiger partial charge < -0.3 is 9.97 Å². The zero-order valence-electron chi connectivity index (χ0n) is 12.3. The number of rotatable bonds is 4. The molecule has 0 aliphatic rings. The molecule has 0 aliphatic heterocycles. The molecule has 3 aromatic rings. The molecule has 0 aliphatic carbocycles. The van der Waals surface area contributed by atoms with E-state index in [1.807, 2.05) is 31.3 Å². The summed E-state index contributed by atoms with van der Waals surface area (Å²) in [7, 11) is 0. The van der Waals surface area contributed by atoms with Gasteiger partial charge in [0.15, 0.2) is 0 Å². The van der Waals surface area contributed by atoms with Crippen molar-refractivity contribution in [2.75, 3.05) is 0 Å². The lowest BCUT2D eigenvalue weighted by atomic mass is 10.1. The first-order valence-electron chi connectivity index (χ1n) is 6.85. The summed E-state index contributed by atoms with van der Waals surface area (Å²) < 4.78 is 1.04. The molecule has 0 amide bonds. The van der Waals surface area contributed by atoms with Crippen molar-refractivity contribution < 1.29 is 0 Å². The van der Waals surface area contributed by atoms with Gasteiger partial charge in [-0.15, -0.1) is 0 Å². The second-order valence-corrected chi connectivity index (χ2v) is 6.65. The molecular formula is C15H18BrN5. The van der Waals surface area contributed by atoms with E-state index in [-0.39, 0.29) is 5.54 Å². The summed E-state index contributed by atoms with van der Waals surface area (Å²) in [6.45, 7) is 6.88. The summed E-state index contributed by atoms with van der Waals surface area (Å²) in [6.07, 6.45) is 1.84. The van der Waals surface area contributed by atoms with E-state index in [1.165, 1.54) is 0 Å². The average molecular weight is 348 g/mol. The summed E-state index contributed by atoms with van der Waals surface area (Å²) >= 11 is 3.48. The van der Waals surface area contributed by atoms with Gasteiger partial charge in [0.1, 0.15) is 11.6 Å². The van der Waals surface area contributed by atoms with Crippen LogP contribution in [0.1, 0.15) is 31.2 Å². The summed E-state index contributed by atoms with van der Waals surface area (Å²) in [5.74, 6) is 1.85. The second kappa shape index (κ2) is 5.27. The number of aromatic nitrogens is 4. The van der Waals surface area contributed by atoms with Crippen LogP contribution in [-0.2, 0) is 12.1 Å². The monoisotopic (exact) mass is 347 g/mol. The quantitative estimate of drug-likeness (QED) is 0.677. The Morgan fingerprint density at radius 2 is 2.10 bits per heavy atom. The molecule has 3 rings (SSSR count). The van der Waals surface area contributed by atoms with Crippen LogP contribution in [0.15, 0.2) is 28.9 Å². The van der Waals surface area contributed by atoms with E-state index in [0.717, 1.165) is 32.8 Å². The van der Waals surface area contributed by atoms with Gasteiger partial charge in [-0.1, -0.05) is 15.9 Å². The van der Waals surface area contributed by atoms with Gasteiger partial charge in [-0.05, 0) is 39.0 Å². The first kappa shape index (κ1) is 14.3. The minimum atomic E-state index is -0.272. The number of H-pyrrole nitrogens is 2. The van der Waals surface area contributed by atoms with Gasteiger partial charge >= 0.3 is 0 Å². The summed E-state index contributed by atoms with van der Waals surface area (Å²) in [5.41, 5.74) is 2.80. The first-order chi connectivity index (χ1) is 9.94. The van der Waals surface area contributed by atoms with Gasteiger partial charge in [-0.25, -0.2) is 9.97 Å². The SMILES string of the molecule is Cc1cnc(CNC(C)(C)c2nc3ccc(Br)cc3[nH]2)[nH]1. The molecule has 2 aromatic heterocycles. The van der Waals surface area contributed by atoms with Gasteiger partial charge in [0.25, 0.3) is 0 Å². The van der Waals surface area contributed by atoms with Gasteiger partial charge in [-0.2, -0.15) is 0 Å². The molecule has 0 saturated heterocycles. The molecule has 6 heteroatoms. The highest BCUT2D eigenvalue weighted by atomic mass is 79.9. The van der Waals surface area contributed by atoms with Crippen molar-refractivity contribution in [3.63, 3.8) is 0 Å². The highest BCUT2D eigenvalue weighted by Gasteiger charge is 2.24. The Bertz CT molecular complexity index is 771. The van der Waals surface area contributed by atoms with Crippen LogP contribution < -0.4 is 5.32 Å². The third-order valence-electron chi connectivity index (χ3n) is 3.49. The molecule has 3 N–H and O–H groups in total. The maximum Gasteiger partial charge on any atom is 0.127 e. The molecule has 0 atom stereocenters. The fourth-order valence-corrected chi connectivity index (χ4v) is 2.58. The smallest absolute Gasteiger partial charge is 0.127 e. The molecule has 110 valence electrons. The first-order valence-corrected chi connectivity index (χ1v) is 7.64. The average Bonchev–Trinajstić information content (AvgIpc) is 3.02. The van der Waals surface area contributed by atoms with Crippen LogP contribution >= 0.6 is 15.9 Å². The van der Waals surface area contributed by atoms with Crippen molar-refractivity contribution in [1.82, 2.24) is 25.3 Å². The molecular weight excluding hydrogens is 330 g/mol. The van der Waals surface area contributed by atoms with Crippen LogP contribution in [0.25, 0.3) is 11.0 Å². The highest BCUT2D eigenvalue weighted by Crippen LogP contribution is 2.23. The molecule has 5 nitrogen and oxygen atoms in total. The number of nitrogens with one attached hydrogen (secondary N) is 3. The maximum atomic E-state index is 4.67. The van der Waals surface area contributed by atoms with E-state index in [0.29, 0.717) is 6.54 Å². The molecule has 0 fully saturated rings. The Morgan fingerprint density at radius 1 is 1.29 bits per heavy atom. The van der Waals surface area contributed by atoms with E-state index in [4.69, 9.17) is 0 Å². The number of benzene rings is 1. The van der Waals surface area contributed by atoms with Crippen LogP contribution in [0.2, 0.25) is 0 Å². The topological polar surface area (TPSA) is 69.4 Å². The minimum Gasteiger partial charge on any atom is -0.345 e. The Kier molecular flexibility index (Phi) is 3.59. The Hall–Kier alpha value is -1.66. The number of hydrogen-bond donors (Lipinski definition) is 3. The molecule has 1 aromatic carbocycles. The van der Waals surface area contributed by atoms with Gasteiger partial charge in [0.05, 0.1) is 23.1 Å². The molecule has 21 heavy (non-hydrogen) atoms. The van der Waals surface area contributed by atoms with Gasteiger partial charge in [-0.3, -0.25) is 5.32 Å². The fraction of sp³-hybridized carbons (Fsp3) is 0.333. The lowest BCUT2D eigenvalue weighted by molar-refractivity contribution is 0.377. The van der Waals surface area contributed by atoms with Gasteiger partial charge in [0.2, 0.25) is 0 Å². The fourth-order valence-electron chi connectivity index (χ4n) is 2.22. The highest BCUT2D eigenvalue weighted by molar-refractivity contribution is 9.10. The van der Waals surface area contributed by atoms with Crippen molar-refractivity contribution in [3.8, 4) is 0 Å². The molecule has 0 bridgehead atoms. The molecule has 2 heterocycles. The standard InChI is InChI=1S/C15H18BrN5/c1-9-7-17-13(19-9)8-18-15(2,3)14-20-11-5-4-10(16)6-12(11)21-14/h4-7,18H,8H2,1-3H3,(H,17,19)(H,20,21). The van der Waals surface area contributed by atoms with E-state index in [2.05, 4.69) is 55.0 Å². The Morgan fingerprint density at radius 3 is 2.81 bits per heavy atom. The largest absolute Gasteiger partial charge is 0.345 e. The van der Waals surface area contributed by atoms with E-state index >= 15 is 0 Å². The molecule has 0 saturated carbocycles. The third-order valence-corrected chi connectivity index (χ3v) is 3.98.